The molecule has 3 rings (SSSR count). The number of hydrogen-bond donors (Lipinski definition) is 0. The minimum Gasteiger partial charge on any atom is -0.305 e. The lowest BCUT2D eigenvalue weighted by Gasteiger charge is -2.22. The number of likely N-dealkylation sites (N-methyl/N-ethyl adjacent to an activating group) is 1. The number of halogens is 1. The molecule has 0 aliphatic rings. The van der Waals surface area contributed by atoms with Crippen LogP contribution in [0.5, 0.6) is 0 Å². The van der Waals surface area contributed by atoms with Gasteiger partial charge in [-0.15, -0.1) is 17.5 Å². The third kappa shape index (κ3) is 4.54. The lowest BCUT2D eigenvalue weighted by atomic mass is 9.95. The summed E-state index contributed by atoms with van der Waals surface area (Å²) in [5.74, 6) is 0.907. The highest BCUT2D eigenvalue weighted by Crippen LogP contribution is 2.26. The van der Waals surface area contributed by atoms with E-state index in [9.17, 15) is 4.79 Å². The Kier molecular flexibility index (Phi) is 7.61. The summed E-state index contributed by atoms with van der Waals surface area (Å²) in [5, 5.41) is 4.79. The highest BCUT2D eigenvalue weighted by Gasteiger charge is 2.24. The molecule has 6 heteroatoms. The molecular weight excluding hydrogens is 372 g/mol. The van der Waals surface area contributed by atoms with Crippen LogP contribution >= 0.6 is 12.4 Å². The molecule has 0 radical (unpaired) electrons. The van der Waals surface area contributed by atoms with E-state index in [2.05, 4.69) is 30.9 Å². The van der Waals surface area contributed by atoms with Gasteiger partial charge < -0.3 is 4.90 Å². The van der Waals surface area contributed by atoms with Gasteiger partial charge in [-0.1, -0.05) is 55.5 Å². The number of benzene rings is 2. The first-order valence-corrected chi connectivity index (χ1v) is 9.49. The summed E-state index contributed by atoms with van der Waals surface area (Å²) in [6, 6.07) is 20.2. The molecule has 3 aromatic rings. The molecule has 2 unspecified atom stereocenters. The van der Waals surface area contributed by atoms with E-state index in [4.69, 9.17) is 5.10 Å². The molecule has 0 aliphatic heterocycles. The molecule has 0 amide bonds. The minimum atomic E-state index is -0.0840. The van der Waals surface area contributed by atoms with Crippen LogP contribution in [0.25, 0.3) is 5.69 Å². The Labute approximate surface area is 173 Å². The van der Waals surface area contributed by atoms with Crippen molar-refractivity contribution in [3.8, 4) is 5.69 Å². The smallest absolute Gasteiger partial charge is 0.305 e. The predicted octanol–water partition coefficient (Wildman–Crippen LogP) is 3.95. The molecule has 2 atom stereocenters. The standard InChI is InChI=1S/C22H28N4O.ClH/c1-5-20(18-12-8-6-9-13-18)21-23-26(19-14-10-7-11-15-19)22(27)25(21)16-17(2)24(3)4;/h6-15,17,20H,5,16H2,1-4H3;1H. The van der Waals surface area contributed by atoms with E-state index >= 15 is 0 Å². The zero-order valence-electron chi connectivity index (χ0n) is 16.9. The van der Waals surface area contributed by atoms with Gasteiger partial charge in [-0.25, -0.2) is 4.79 Å². The fourth-order valence-corrected chi connectivity index (χ4v) is 3.26. The summed E-state index contributed by atoms with van der Waals surface area (Å²) in [6.07, 6.45) is 0.881. The number of aromatic nitrogens is 3. The number of nitrogens with zero attached hydrogens (tertiary/aromatic N) is 4. The lowest BCUT2D eigenvalue weighted by molar-refractivity contribution is 0.278. The molecule has 0 saturated heterocycles. The maximum Gasteiger partial charge on any atom is 0.350 e. The Balaban J connectivity index is 0.00000280. The van der Waals surface area contributed by atoms with E-state index in [1.165, 1.54) is 10.2 Å². The largest absolute Gasteiger partial charge is 0.350 e. The molecule has 1 heterocycles. The molecule has 0 spiro atoms. The van der Waals surface area contributed by atoms with Crippen molar-refractivity contribution in [3.63, 3.8) is 0 Å². The molecule has 0 aliphatic carbocycles. The van der Waals surface area contributed by atoms with Gasteiger partial charge in [0.05, 0.1) is 5.69 Å². The van der Waals surface area contributed by atoms with Crippen molar-refractivity contribution in [1.82, 2.24) is 19.2 Å². The molecule has 0 bridgehead atoms. The topological polar surface area (TPSA) is 43.1 Å². The monoisotopic (exact) mass is 400 g/mol. The van der Waals surface area contributed by atoms with E-state index in [0.717, 1.165) is 17.9 Å². The molecular formula is C22H29ClN4O. The molecule has 5 nitrogen and oxygen atoms in total. The molecule has 2 aromatic carbocycles. The van der Waals surface area contributed by atoms with Crippen LogP contribution in [0.4, 0.5) is 0 Å². The summed E-state index contributed by atoms with van der Waals surface area (Å²) < 4.78 is 3.38. The van der Waals surface area contributed by atoms with E-state index < -0.39 is 0 Å². The van der Waals surface area contributed by atoms with Crippen LogP contribution in [-0.2, 0) is 6.54 Å². The second kappa shape index (κ2) is 9.71. The third-order valence-corrected chi connectivity index (χ3v) is 5.14. The van der Waals surface area contributed by atoms with Crippen LogP contribution in [0.1, 0.15) is 37.6 Å². The van der Waals surface area contributed by atoms with Crippen LogP contribution in [0.2, 0.25) is 0 Å². The Morgan fingerprint density at radius 1 is 1.00 bits per heavy atom. The summed E-state index contributed by atoms with van der Waals surface area (Å²) >= 11 is 0. The molecule has 150 valence electrons. The zero-order valence-corrected chi connectivity index (χ0v) is 17.8. The fourth-order valence-electron chi connectivity index (χ4n) is 3.26. The Bertz CT molecular complexity index is 919. The Morgan fingerprint density at radius 2 is 1.57 bits per heavy atom. The van der Waals surface area contributed by atoms with Crippen molar-refractivity contribution in [2.45, 2.75) is 38.8 Å². The predicted molar refractivity (Wildman–Crippen MR) is 117 cm³/mol. The average Bonchev–Trinajstić information content (AvgIpc) is 3.00. The van der Waals surface area contributed by atoms with Crippen molar-refractivity contribution >= 4 is 12.4 Å². The first-order chi connectivity index (χ1) is 13.0. The Hall–Kier alpha value is -2.37. The first-order valence-electron chi connectivity index (χ1n) is 9.49. The van der Waals surface area contributed by atoms with Gasteiger partial charge in [0.2, 0.25) is 0 Å². The molecule has 0 fully saturated rings. The quantitative estimate of drug-likeness (QED) is 0.603. The van der Waals surface area contributed by atoms with E-state index in [0.29, 0.717) is 6.54 Å². The van der Waals surface area contributed by atoms with Gasteiger partial charge >= 0.3 is 5.69 Å². The average molecular weight is 401 g/mol. The lowest BCUT2D eigenvalue weighted by Crippen LogP contribution is -2.35. The Morgan fingerprint density at radius 3 is 2.11 bits per heavy atom. The van der Waals surface area contributed by atoms with Crippen LogP contribution < -0.4 is 5.69 Å². The highest BCUT2D eigenvalue weighted by atomic mass is 35.5. The maximum atomic E-state index is 13.2. The van der Waals surface area contributed by atoms with Crippen molar-refractivity contribution in [3.05, 3.63) is 82.5 Å². The van der Waals surface area contributed by atoms with Gasteiger partial charge in [0.15, 0.2) is 0 Å². The molecule has 0 saturated carbocycles. The van der Waals surface area contributed by atoms with Crippen LogP contribution in [0.15, 0.2) is 65.5 Å². The van der Waals surface area contributed by atoms with Gasteiger partial charge in [0.25, 0.3) is 0 Å². The van der Waals surface area contributed by atoms with Gasteiger partial charge in [-0.3, -0.25) is 4.57 Å². The second-order valence-corrected chi connectivity index (χ2v) is 7.18. The number of rotatable bonds is 7. The summed E-state index contributed by atoms with van der Waals surface area (Å²) in [4.78, 5) is 15.4. The normalized spacial score (nSPS) is 13.2. The van der Waals surface area contributed by atoms with Crippen LogP contribution in [-0.4, -0.2) is 39.4 Å². The van der Waals surface area contributed by atoms with Crippen molar-refractivity contribution < 1.29 is 0 Å². The second-order valence-electron chi connectivity index (χ2n) is 7.18. The molecule has 0 N–H and O–H groups in total. The van der Waals surface area contributed by atoms with Crippen LogP contribution in [0, 0.1) is 0 Å². The van der Waals surface area contributed by atoms with Gasteiger partial charge in [0, 0.05) is 18.5 Å². The van der Waals surface area contributed by atoms with Crippen molar-refractivity contribution in [2.75, 3.05) is 14.1 Å². The summed E-state index contributed by atoms with van der Waals surface area (Å²) in [7, 11) is 4.07. The van der Waals surface area contributed by atoms with Crippen molar-refractivity contribution in [2.24, 2.45) is 0 Å². The van der Waals surface area contributed by atoms with Gasteiger partial charge in [-0.05, 0) is 45.1 Å². The van der Waals surface area contributed by atoms with Gasteiger partial charge in [0.1, 0.15) is 5.82 Å². The number of hydrogen-bond acceptors (Lipinski definition) is 3. The van der Waals surface area contributed by atoms with E-state index in [1.54, 1.807) is 0 Å². The van der Waals surface area contributed by atoms with E-state index in [1.807, 2.05) is 67.2 Å². The maximum absolute atomic E-state index is 13.2. The minimum absolute atomic E-state index is 0. The fraction of sp³-hybridized carbons (Fsp3) is 0.364. The number of para-hydroxylation sites is 1. The third-order valence-electron chi connectivity index (χ3n) is 5.14. The summed E-state index contributed by atoms with van der Waals surface area (Å²) in [5.41, 5.74) is 1.89. The summed E-state index contributed by atoms with van der Waals surface area (Å²) in [6.45, 7) is 4.88. The highest BCUT2D eigenvalue weighted by molar-refractivity contribution is 5.85. The SMILES string of the molecule is CCC(c1ccccc1)c1nn(-c2ccccc2)c(=O)n1CC(C)N(C)C.Cl. The van der Waals surface area contributed by atoms with E-state index in [-0.39, 0.29) is 30.1 Å². The van der Waals surface area contributed by atoms with Gasteiger partial charge in [-0.2, -0.15) is 4.68 Å². The molecule has 28 heavy (non-hydrogen) atoms. The molecule has 1 aromatic heterocycles. The van der Waals surface area contributed by atoms with Crippen LogP contribution in [0.3, 0.4) is 0 Å². The first kappa shape index (κ1) is 21.9. The zero-order chi connectivity index (χ0) is 19.4. The van der Waals surface area contributed by atoms with Crippen molar-refractivity contribution in [1.29, 1.82) is 0 Å².